The zero-order valence-corrected chi connectivity index (χ0v) is 9.06. The molecule has 2 aliphatic rings. The molecular formula is C11H17NO4. The van der Waals surface area contributed by atoms with E-state index in [2.05, 4.69) is 5.32 Å². The minimum Gasteiger partial charge on any atom is -0.481 e. The monoisotopic (exact) mass is 227 g/mol. The van der Waals surface area contributed by atoms with Crippen LogP contribution < -0.4 is 5.32 Å². The summed E-state index contributed by atoms with van der Waals surface area (Å²) in [6, 6.07) is 0. The van der Waals surface area contributed by atoms with Crippen LogP contribution in [0.4, 0.5) is 0 Å². The number of carbonyl (C=O) groups is 2. The fourth-order valence-corrected chi connectivity index (χ4v) is 2.37. The Labute approximate surface area is 93.8 Å². The molecule has 2 rings (SSSR count). The van der Waals surface area contributed by atoms with Crippen LogP contribution in [0.3, 0.4) is 0 Å². The van der Waals surface area contributed by atoms with Gasteiger partial charge in [-0.1, -0.05) is 0 Å². The number of rotatable bonds is 4. The summed E-state index contributed by atoms with van der Waals surface area (Å²) >= 11 is 0. The van der Waals surface area contributed by atoms with Crippen LogP contribution in [0.5, 0.6) is 0 Å². The van der Waals surface area contributed by atoms with Crippen LogP contribution in [0.2, 0.25) is 0 Å². The van der Waals surface area contributed by atoms with Crippen molar-refractivity contribution in [3.63, 3.8) is 0 Å². The van der Waals surface area contributed by atoms with Gasteiger partial charge in [0.05, 0.1) is 17.9 Å². The number of hydrogen-bond acceptors (Lipinski definition) is 3. The molecule has 0 aromatic heterocycles. The Bertz CT molecular complexity index is 304. The predicted octanol–water partition coefficient (Wildman–Crippen LogP) is -0.0157. The first kappa shape index (κ1) is 11.4. The van der Waals surface area contributed by atoms with Crippen LogP contribution in [0, 0.1) is 17.8 Å². The number of nitrogens with one attached hydrogen (secondary N) is 1. The van der Waals surface area contributed by atoms with Gasteiger partial charge in [0.15, 0.2) is 0 Å². The molecule has 1 amide bonds. The third-order valence-corrected chi connectivity index (χ3v) is 3.52. The summed E-state index contributed by atoms with van der Waals surface area (Å²) in [6.45, 7) is 0.568. The molecule has 2 fully saturated rings. The maximum absolute atomic E-state index is 11.5. The van der Waals surface area contributed by atoms with E-state index in [0.717, 1.165) is 19.3 Å². The first-order chi connectivity index (χ1) is 7.58. The van der Waals surface area contributed by atoms with E-state index in [4.69, 9.17) is 5.11 Å². The lowest BCUT2D eigenvalue weighted by Gasteiger charge is -2.10. The minimum atomic E-state index is -0.878. The highest BCUT2D eigenvalue weighted by molar-refractivity contribution is 5.89. The number of aliphatic carboxylic acids is 1. The van der Waals surface area contributed by atoms with Gasteiger partial charge in [-0.3, -0.25) is 9.59 Å². The Kier molecular flexibility index (Phi) is 3.14. The van der Waals surface area contributed by atoms with Gasteiger partial charge in [-0.15, -0.1) is 0 Å². The Morgan fingerprint density at radius 1 is 1.19 bits per heavy atom. The highest BCUT2D eigenvalue weighted by atomic mass is 16.4. The molecule has 0 aromatic rings. The normalized spacial score (nSPS) is 37.1. The van der Waals surface area contributed by atoms with E-state index in [1.54, 1.807) is 0 Å². The molecule has 0 saturated heterocycles. The summed E-state index contributed by atoms with van der Waals surface area (Å²) in [5, 5.41) is 20.8. The Morgan fingerprint density at radius 2 is 1.94 bits per heavy atom. The number of hydrogen-bond donors (Lipinski definition) is 3. The highest BCUT2D eigenvalue weighted by Gasteiger charge is 2.48. The summed E-state index contributed by atoms with van der Waals surface area (Å²) in [5.74, 6) is -1.48. The fourth-order valence-electron chi connectivity index (χ4n) is 2.37. The molecule has 0 spiro atoms. The molecule has 0 heterocycles. The first-order valence-corrected chi connectivity index (χ1v) is 5.76. The predicted molar refractivity (Wildman–Crippen MR) is 55.6 cm³/mol. The summed E-state index contributed by atoms with van der Waals surface area (Å²) in [5.41, 5.74) is 0. The molecule has 16 heavy (non-hydrogen) atoms. The van der Waals surface area contributed by atoms with E-state index in [1.165, 1.54) is 0 Å². The summed E-state index contributed by atoms with van der Waals surface area (Å²) in [7, 11) is 0. The molecule has 5 heteroatoms. The molecule has 0 aromatic carbocycles. The van der Waals surface area contributed by atoms with Crippen molar-refractivity contribution in [1.82, 2.24) is 5.32 Å². The van der Waals surface area contributed by atoms with Crippen LogP contribution in [0.25, 0.3) is 0 Å². The third-order valence-electron chi connectivity index (χ3n) is 3.52. The van der Waals surface area contributed by atoms with Crippen LogP contribution in [-0.2, 0) is 9.59 Å². The maximum atomic E-state index is 11.5. The molecule has 90 valence electrons. The molecular weight excluding hydrogens is 210 g/mol. The van der Waals surface area contributed by atoms with Gasteiger partial charge in [0.2, 0.25) is 5.91 Å². The van der Waals surface area contributed by atoms with Gasteiger partial charge in [-0.2, -0.15) is 0 Å². The second-order valence-electron chi connectivity index (χ2n) is 4.86. The van der Waals surface area contributed by atoms with Crippen molar-refractivity contribution in [3.05, 3.63) is 0 Å². The van der Waals surface area contributed by atoms with E-state index in [-0.39, 0.29) is 17.9 Å². The summed E-state index contributed by atoms with van der Waals surface area (Å²) in [6.07, 6.45) is 2.73. The molecule has 0 bridgehead atoms. The standard InChI is InChI=1S/C11H17NO4/c13-7-2-1-6(3-7)5-12-10(14)8-4-9(8)11(15)16/h6-9,13H,1-5H2,(H,12,14)(H,15,16)/t6?,7?,8-,9+/m1/s1. The zero-order chi connectivity index (χ0) is 11.7. The Hall–Kier alpha value is -1.10. The van der Waals surface area contributed by atoms with Gasteiger partial charge in [0.1, 0.15) is 0 Å². The van der Waals surface area contributed by atoms with Gasteiger partial charge >= 0.3 is 5.97 Å². The van der Waals surface area contributed by atoms with Gasteiger partial charge in [-0.25, -0.2) is 0 Å². The highest BCUT2D eigenvalue weighted by Crippen LogP contribution is 2.38. The third kappa shape index (κ3) is 2.52. The van der Waals surface area contributed by atoms with E-state index >= 15 is 0 Å². The molecule has 0 radical (unpaired) electrons. The number of aliphatic hydroxyl groups excluding tert-OH is 1. The van der Waals surface area contributed by atoms with Crippen molar-refractivity contribution in [2.75, 3.05) is 6.54 Å². The van der Waals surface area contributed by atoms with E-state index in [9.17, 15) is 14.7 Å². The average Bonchev–Trinajstić information content (AvgIpc) is 2.93. The maximum Gasteiger partial charge on any atom is 0.307 e. The number of carboxylic acids is 1. The van der Waals surface area contributed by atoms with E-state index in [0.29, 0.717) is 18.9 Å². The Balaban J connectivity index is 1.67. The van der Waals surface area contributed by atoms with Crippen LogP contribution in [0.15, 0.2) is 0 Å². The molecule has 2 saturated carbocycles. The molecule has 2 aliphatic carbocycles. The van der Waals surface area contributed by atoms with E-state index < -0.39 is 11.9 Å². The molecule has 2 unspecified atom stereocenters. The quantitative estimate of drug-likeness (QED) is 0.630. The molecule has 5 nitrogen and oxygen atoms in total. The number of aliphatic hydroxyl groups is 1. The molecule has 4 atom stereocenters. The zero-order valence-electron chi connectivity index (χ0n) is 9.06. The van der Waals surface area contributed by atoms with Crippen molar-refractivity contribution in [3.8, 4) is 0 Å². The van der Waals surface area contributed by atoms with Gasteiger partial charge in [0.25, 0.3) is 0 Å². The van der Waals surface area contributed by atoms with Gasteiger partial charge < -0.3 is 15.5 Å². The first-order valence-electron chi connectivity index (χ1n) is 5.76. The lowest BCUT2D eigenvalue weighted by Crippen LogP contribution is -2.30. The van der Waals surface area contributed by atoms with Crippen molar-refractivity contribution in [2.24, 2.45) is 17.8 Å². The second kappa shape index (κ2) is 4.41. The summed E-state index contributed by atoms with van der Waals surface area (Å²) in [4.78, 5) is 22.1. The van der Waals surface area contributed by atoms with Crippen molar-refractivity contribution in [2.45, 2.75) is 31.8 Å². The molecule has 3 N–H and O–H groups in total. The number of carbonyl (C=O) groups excluding carboxylic acids is 1. The SMILES string of the molecule is O=C(O)[C@H]1C[C@H]1C(=O)NCC1CCC(O)C1. The minimum absolute atomic E-state index is 0.145. The van der Waals surface area contributed by atoms with E-state index in [1.807, 2.05) is 0 Å². The lowest BCUT2D eigenvalue weighted by molar-refractivity contribution is -0.140. The smallest absolute Gasteiger partial charge is 0.307 e. The average molecular weight is 227 g/mol. The number of carboxylic acid groups (broad SMARTS) is 1. The van der Waals surface area contributed by atoms with Gasteiger partial charge in [-0.05, 0) is 31.6 Å². The van der Waals surface area contributed by atoms with Crippen LogP contribution >= 0.6 is 0 Å². The van der Waals surface area contributed by atoms with Crippen LogP contribution in [0.1, 0.15) is 25.7 Å². The second-order valence-corrected chi connectivity index (χ2v) is 4.86. The van der Waals surface area contributed by atoms with Crippen molar-refractivity contribution < 1.29 is 19.8 Å². The van der Waals surface area contributed by atoms with Gasteiger partial charge in [0, 0.05) is 6.54 Å². The number of amides is 1. The lowest BCUT2D eigenvalue weighted by atomic mass is 10.1. The fraction of sp³-hybridized carbons (Fsp3) is 0.818. The van der Waals surface area contributed by atoms with Crippen molar-refractivity contribution >= 4 is 11.9 Å². The van der Waals surface area contributed by atoms with Crippen molar-refractivity contribution in [1.29, 1.82) is 0 Å². The Morgan fingerprint density at radius 3 is 2.44 bits per heavy atom. The molecule has 0 aliphatic heterocycles. The topological polar surface area (TPSA) is 86.6 Å². The summed E-state index contributed by atoms with van der Waals surface area (Å²) < 4.78 is 0. The van der Waals surface area contributed by atoms with Crippen LogP contribution in [-0.4, -0.2) is 34.7 Å². The largest absolute Gasteiger partial charge is 0.481 e.